The maximum Gasteiger partial charge on any atom is 0.331 e. The van der Waals surface area contributed by atoms with Crippen LogP contribution in [0, 0.1) is 0 Å². The third-order valence-electron chi connectivity index (χ3n) is 3.46. The molecule has 0 amide bonds. The van der Waals surface area contributed by atoms with Gasteiger partial charge in [0.2, 0.25) is 0 Å². The first-order chi connectivity index (χ1) is 10.9. The monoisotopic (exact) mass is 312 g/mol. The van der Waals surface area contributed by atoms with Gasteiger partial charge in [-0.15, -0.1) is 0 Å². The van der Waals surface area contributed by atoms with Gasteiger partial charge in [0.15, 0.2) is 0 Å². The minimum Gasteiger partial charge on any atom is -0.457 e. The van der Waals surface area contributed by atoms with E-state index in [0.717, 1.165) is 28.3 Å². The molecule has 1 N–H and O–H groups in total. The molecule has 0 saturated carbocycles. The Balaban J connectivity index is 2.37. The molecule has 0 bridgehead atoms. The summed E-state index contributed by atoms with van der Waals surface area (Å²) in [5.41, 5.74) is 1.64. The molecule has 0 spiro atoms. The zero-order valence-electron chi connectivity index (χ0n) is 14.0. The van der Waals surface area contributed by atoms with Crippen molar-refractivity contribution < 1.29 is 14.6 Å². The molecule has 2 aromatic carbocycles. The quantitative estimate of drug-likeness (QED) is 0.667. The molecule has 23 heavy (non-hydrogen) atoms. The van der Waals surface area contributed by atoms with Crippen LogP contribution in [0.1, 0.15) is 38.3 Å². The van der Waals surface area contributed by atoms with Crippen LogP contribution in [-0.2, 0) is 16.0 Å². The van der Waals surface area contributed by atoms with Crippen LogP contribution >= 0.6 is 0 Å². The summed E-state index contributed by atoms with van der Waals surface area (Å²) in [7, 11) is 0. The number of aliphatic hydroxyl groups excluding tert-OH is 1. The fourth-order valence-corrected chi connectivity index (χ4v) is 2.51. The van der Waals surface area contributed by atoms with Crippen LogP contribution < -0.4 is 0 Å². The van der Waals surface area contributed by atoms with E-state index in [1.807, 2.05) is 45.0 Å². The van der Waals surface area contributed by atoms with Gasteiger partial charge in [-0.05, 0) is 61.6 Å². The zero-order valence-corrected chi connectivity index (χ0v) is 14.0. The second kappa shape index (κ2) is 7.42. The first kappa shape index (κ1) is 17.2. The van der Waals surface area contributed by atoms with Crippen molar-refractivity contribution >= 4 is 22.8 Å². The minimum atomic E-state index is -0.500. The van der Waals surface area contributed by atoms with Crippen molar-refractivity contribution in [1.82, 2.24) is 0 Å². The normalized spacial score (nSPS) is 12.0. The lowest BCUT2D eigenvalue weighted by Gasteiger charge is -2.18. The van der Waals surface area contributed by atoms with Crippen LogP contribution in [0.15, 0.2) is 42.5 Å². The Hall–Kier alpha value is -2.13. The summed E-state index contributed by atoms with van der Waals surface area (Å²) in [5, 5.41) is 11.3. The van der Waals surface area contributed by atoms with Gasteiger partial charge in [-0.2, -0.15) is 0 Å². The Morgan fingerprint density at radius 1 is 1.17 bits per heavy atom. The van der Waals surface area contributed by atoms with E-state index in [0.29, 0.717) is 6.42 Å². The van der Waals surface area contributed by atoms with Gasteiger partial charge in [-0.1, -0.05) is 36.4 Å². The van der Waals surface area contributed by atoms with E-state index in [1.165, 1.54) is 6.08 Å². The van der Waals surface area contributed by atoms with E-state index in [-0.39, 0.29) is 12.6 Å². The number of esters is 1. The molecule has 2 aromatic rings. The highest BCUT2D eigenvalue weighted by Crippen LogP contribution is 2.25. The van der Waals surface area contributed by atoms with E-state index < -0.39 is 5.60 Å². The molecular formula is C20H24O3. The molecule has 0 unspecified atom stereocenters. The summed E-state index contributed by atoms with van der Waals surface area (Å²) in [6, 6.07) is 12.2. The van der Waals surface area contributed by atoms with Crippen molar-refractivity contribution in [2.45, 2.75) is 39.2 Å². The van der Waals surface area contributed by atoms with Crippen molar-refractivity contribution in [1.29, 1.82) is 0 Å². The van der Waals surface area contributed by atoms with Crippen molar-refractivity contribution in [3.63, 3.8) is 0 Å². The highest BCUT2D eigenvalue weighted by atomic mass is 16.6. The van der Waals surface area contributed by atoms with Gasteiger partial charge >= 0.3 is 5.97 Å². The summed E-state index contributed by atoms with van der Waals surface area (Å²) in [6.45, 7) is 5.71. The molecule has 122 valence electrons. The van der Waals surface area contributed by atoms with Gasteiger partial charge in [0.1, 0.15) is 5.60 Å². The topological polar surface area (TPSA) is 46.5 Å². The number of ether oxygens (including phenoxy) is 1. The third-order valence-corrected chi connectivity index (χ3v) is 3.46. The number of benzene rings is 2. The van der Waals surface area contributed by atoms with Crippen LogP contribution in [-0.4, -0.2) is 23.3 Å². The predicted octanol–water partition coefficient (Wildman–Crippen LogP) is 4.12. The summed E-state index contributed by atoms with van der Waals surface area (Å²) in [6.07, 6.45) is 4.78. The summed E-state index contributed by atoms with van der Waals surface area (Å²) in [4.78, 5) is 11.9. The van der Waals surface area contributed by atoms with Crippen LogP contribution in [0.5, 0.6) is 0 Å². The molecule has 0 saturated heterocycles. The van der Waals surface area contributed by atoms with Gasteiger partial charge in [0.25, 0.3) is 0 Å². The van der Waals surface area contributed by atoms with E-state index >= 15 is 0 Å². The van der Waals surface area contributed by atoms with Gasteiger partial charge in [-0.25, -0.2) is 4.79 Å². The number of hydrogen-bond donors (Lipinski definition) is 1. The first-order valence-electron chi connectivity index (χ1n) is 7.93. The molecule has 0 heterocycles. The molecule has 2 rings (SSSR count). The van der Waals surface area contributed by atoms with Gasteiger partial charge < -0.3 is 9.84 Å². The minimum absolute atomic E-state index is 0.155. The maximum absolute atomic E-state index is 11.9. The largest absolute Gasteiger partial charge is 0.457 e. The number of hydrogen-bond acceptors (Lipinski definition) is 3. The van der Waals surface area contributed by atoms with Crippen molar-refractivity contribution in [3.8, 4) is 0 Å². The highest BCUT2D eigenvalue weighted by molar-refractivity contribution is 5.96. The standard InChI is InChI=1S/C20H24O3/c1-20(2,3)23-19(22)13-12-18-16(8-6-14-21)11-10-15-7-4-5-9-17(15)18/h4-5,7,9-13,21H,6,8,14H2,1-3H3/b13-12+. The Bertz CT molecular complexity index is 708. The van der Waals surface area contributed by atoms with Gasteiger partial charge in [0, 0.05) is 12.7 Å². The SMILES string of the molecule is CC(C)(C)OC(=O)/C=C/c1c(CCCO)ccc2ccccc12. The summed E-state index contributed by atoms with van der Waals surface area (Å²) < 4.78 is 5.33. The lowest BCUT2D eigenvalue weighted by molar-refractivity contribution is -0.148. The van der Waals surface area contributed by atoms with E-state index in [4.69, 9.17) is 9.84 Å². The second-order valence-electron chi connectivity index (χ2n) is 6.55. The molecule has 0 fully saturated rings. The van der Waals surface area contributed by atoms with E-state index in [1.54, 1.807) is 0 Å². The van der Waals surface area contributed by atoms with Gasteiger partial charge in [-0.3, -0.25) is 0 Å². The fraction of sp³-hybridized carbons (Fsp3) is 0.350. The van der Waals surface area contributed by atoms with Crippen molar-refractivity contribution in [2.75, 3.05) is 6.61 Å². The first-order valence-corrected chi connectivity index (χ1v) is 7.93. The molecule has 0 atom stereocenters. The molecule has 3 heteroatoms. The molecule has 0 aromatic heterocycles. The van der Waals surface area contributed by atoms with Gasteiger partial charge in [0.05, 0.1) is 0 Å². The molecule has 3 nitrogen and oxygen atoms in total. The third kappa shape index (κ3) is 4.93. The molecule has 0 aliphatic heterocycles. The maximum atomic E-state index is 11.9. The lowest BCUT2D eigenvalue weighted by Crippen LogP contribution is -2.22. The van der Waals surface area contributed by atoms with Crippen LogP contribution in [0.2, 0.25) is 0 Å². The summed E-state index contributed by atoms with van der Waals surface area (Å²) in [5.74, 6) is -0.349. The van der Waals surface area contributed by atoms with Crippen LogP contribution in [0.4, 0.5) is 0 Å². The van der Waals surface area contributed by atoms with Crippen molar-refractivity contribution in [3.05, 3.63) is 53.6 Å². The average molecular weight is 312 g/mol. The lowest BCUT2D eigenvalue weighted by atomic mass is 9.96. The smallest absolute Gasteiger partial charge is 0.331 e. The van der Waals surface area contributed by atoms with Crippen molar-refractivity contribution in [2.24, 2.45) is 0 Å². The number of fused-ring (bicyclic) bond motifs is 1. The number of rotatable bonds is 5. The molecular weight excluding hydrogens is 288 g/mol. The number of carbonyl (C=O) groups is 1. The Kier molecular flexibility index (Phi) is 5.56. The second-order valence-corrected chi connectivity index (χ2v) is 6.55. The summed E-state index contributed by atoms with van der Waals surface area (Å²) >= 11 is 0. The number of carbonyl (C=O) groups excluding carboxylic acids is 1. The van der Waals surface area contributed by atoms with E-state index in [2.05, 4.69) is 18.2 Å². The zero-order chi connectivity index (χ0) is 16.9. The fourth-order valence-electron chi connectivity index (χ4n) is 2.51. The predicted molar refractivity (Wildman–Crippen MR) is 94.2 cm³/mol. The molecule has 0 aliphatic rings. The highest BCUT2D eigenvalue weighted by Gasteiger charge is 2.14. The molecule has 0 radical (unpaired) electrons. The Morgan fingerprint density at radius 3 is 2.61 bits per heavy atom. The van der Waals surface area contributed by atoms with Crippen LogP contribution in [0.3, 0.4) is 0 Å². The molecule has 0 aliphatic carbocycles. The van der Waals surface area contributed by atoms with E-state index in [9.17, 15) is 4.79 Å². The Morgan fingerprint density at radius 2 is 1.91 bits per heavy atom. The number of aryl methyl sites for hydroxylation is 1. The number of aliphatic hydroxyl groups is 1. The average Bonchev–Trinajstić information content (AvgIpc) is 2.49. The van der Waals surface area contributed by atoms with Crippen LogP contribution in [0.25, 0.3) is 16.8 Å². The Labute approximate surface area is 137 Å².